The number of ether oxygens (including phenoxy) is 1. The van der Waals surface area contributed by atoms with E-state index >= 15 is 0 Å². The summed E-state index contributed by atoms with van der Waals surface area (Å²) < 4.78 is 35.9. The normalized spacial score (nSPS) is 13.9. The highest BCUT2D eigenvalue weighted by atomic mass is 35.5. The van der Waals surface area contributed by atoms with Gasteiger partial charge in [-0.15, -0.1) is 10.2 Å². The Bertz CT molecular complexity index is 1090. The predicted octanol–water partition coefficient (Wildman–Crippen LogP) is 3.49. The van der Waals surface area contributed by atoms with E-state index < -0.39 is 21.4 Å². The highest BCUT2D eigenvalue weighted by molar-refractivity contribution is 7.93. The molecule has 2 aromatic heterocycles. The van der Waals surface area contributed by atoms with Crippen molar-refractivity contribution in [3.05, 3.63) is 53.6 Å². The van der Waals surface area contributed by atoms with Gasteiger partial charge in [0.15, 0.2) is 11.6 Å². The Hall–Kier alpha value is -2.56. The number of halogens is 1. The van der Waals surface area contributed by atoms with E-state index in [9.17, 15) is 8.42 Å². The van der Waals surface area contributed by atoms with Gasteiger partial charge in [0.2, 0.25) is 16.0 Å². The SMILES string of the molecule is COC(c1ncc(Cl)cn1)C(C)S(=O)(=O)Nc1nnc(-c2ccccc2)n1C(C)C. The molecule has 0 saturated heterocycles. The fraction of sp³-hybridized carbons (Fsp3) is 0.368. The Balaban J connectivity index is 1.92. The van der Waals surface area contributed by atoms with Crippen LogP contribution < -0.4 is 4.72 Å². The molecular formula is C19H23ClN6O3S. The second-order valence-corrected chi connectivity index (χ2v) is 9.42. The number of methoxy groups -OCH3 is 1. The molecule has 0 bridgehead atoms. The summed E-state index contributed by atoms with van der Waals surface area (Å²) in [5.74, 6) is 0.915. The zero-order valence-corrected chi connectivity index (χ0v) is 18.6. The maximum Gasteiger partial charge on any atom is 0.240 e. The molecule has 0 aliphatic rings. The first-order valence-electron chi connectivity index (χ1n) is 9.26. The van der Waals surface area contributed by atoms with Gasteiger partial charge in [0.25, 0.3) is 0 Å². The molecule has 9 nitrogen and oxygen atoms in total. The Labute approximate surface area is 180 Å². The Kier molecular flexibility index (Phi) is 6.69. The summed E-state index contributed by atoms with van der Waals surface area (Å²) in [4.78, 5) is 8.17. The third kappa shape index (κ3) is 4.61. The van der Waals surface area contributed by atoms with Crippen molar-refractivity contribution in [2.24, 2.45) is 0 Å². The molecule has 1 aromatic carbocycles. The molecule has 2 unspecified atom stereocenters. The van der Waals surface area contributed by atoms with Crippen molar-refractivity contribution in [1.82, 2.24) is 24.7 Å². The van der Waals surface area contributed by atoms with Crippen LogP contribution in [0.2, 0.25) is 5.02 Å². The zero-order chi connectivity index (χ0) is 21.9. The van der Waals surface area contributed by atoms with E-state index in [4.69, 9.17) is 16.3 Å². The third-order valence-electron chi connectivity index (χ3n) is 4.54. The molecule has 0 aliphatic heterocycles. The van der Waals surface area contributed by atoms with Crippen LogP contribution in [0, 0.1) is 0 Å². The molecule has 2 heterocycles. The van der Waals surface area contributed by atoms with E-state index in [1.807, 2.05) is 44.2 Å². The highest BCUT2D eigenvalue weighted by Gasteiger charge is 2.34. The molecular weight excluding hydrogens is 428 g/mol. The monoisotopic (exact) mass is 450 g/mol. The molecule has 0 amide bonds. The van der Waals surface area contributed by atoms with E-state index in [1.54, 1.807) is 4.57 Å². The topological polar surface area (TPSA) is 112 Å². The van der Waals surface area contributed by atoms with Crippen molar-refractivity contribution >= 4 is 27.6 Å². The van der Waals surface area contributed by atoms with Gasteiger partial charge in [0, 0.05) is 31.1 Å². The molecule has 1 N–H and O–H groups in total. The maximum atomic E-state index is 13.1. The third-order valence-corrected chi connectivity index (χ3v) is 6.43. The zero-order valence-electron chi connectivity index (χ0n) is 17.0. The quantitative estimate of drug-likeness (QED) is 0.558. The van der Waals surface area contributed by atoms with Gasteiger partial charge in [-0.3, -0.25) is 9.29 Å². The summed E-state index contributed by atoms with van der Waals surface area (Å²) in [6, 6.07) is 9.37. The minimum atomic E-state index is -3.92. The second-order valence-electron chi connectivity index (χ2n) is 6.94. The van der Waals surface area contributed by atoms with Crippen LogP contribution in [0.1, 0.15) is 38.7 Å². The molecule has 3 aromatic rings. The lowest BCUT2D eigenvalue weighted by molar-refractivity contribution is 0.0950. The average molecular weight is 451 g/mol. The van der Waals surface area contributed by atoms with Crippen LogP contribution in [0.5, 0.6) is 0 Å². The van der Waals surface area contributed by atoms with Crippen molar-refractivity contribution in [3.8, 4) is 11.4 Å². The lowest BCUT2D eigenvalue weighted by Gasteiger charge is -2.22. The number of benzene rings is 1. The second kappa shape index (κ2) is 9.07. The maximum absolute atomic E-state index is 13.1. The van der Waals surface area contributed by atoms with Gasteiger partial charge >= 0.3 is 0 Å². The molecule has 0 radical (unpaired) electrons. The number of aromatic nitrogens is 5. The smallest absolute Gasteiger partial charge is 0.240 e. The number of sulfonamides is 1. The van der Waals surface area contributed by atoms with E-state index in [2.05, 4.69) is 24.9 Å². The summed E-state index contributed by atoms with van der Waals surface area (Å²) >= 11 is 5.82. The molecule has 160 valence electrons. The molecule has 3 rings (SSSR count). The molecule has 11 heteroatoms. The Morgan fingerprint density at radius 1 is 1.07 bits per heavy atom. The number of nitrogens with zero attached hydrogens (tertiary/aromatic N) is 5. The number of hydrogen-bond donors (Lipinski definition) is 1. The van der Waals surface area contributed by atoms with E-state index in [0.717, 1.165) is 5.56 Å². The predicted molar refractivity (Wildman–Crippen MR) is 115 cm³/mol. The lowest BCUT2D eigenvalue weighted by atomic mass is 10.2. The Morgan fingerprint density at radius 3 is 2.27 bits per heavy atom. The van der Waals surface area contributed by atoms with Crippen LogP contribution in [-0.2, 0) is 14.8 Å². The molecule has 0 saturated carbocycles. The first-order chi connectivity index (χ1) is 14.2. The minimum Gasteiger partial charge on any atom is -0.372 e. The van der Waals surface area contributed by atoms with Gasteiger partial charge in [-0.2, -0.15) is 0 Å². The molecule has 0 spiro atoms. The highest BCUT2D eigenvalue weighted by Crippen LogP contribution is 2.28. The van der Waals surface area contributed by atoms with E-state index in [1.165, 1.54) is 26.4 Å². The number of anilines is 1. The first-order valence-corrected chi connectivity index (χ1v) is 11.2. The fourth-order valence-corrected chi connectivity index (χ4v) is 4.23. The van der Waals surface area contributed by atoms with Crippen LogP contribution in [0.15, 0.2) is 42.7 Å². The van der Waals surface area contributed by atoms with Gasteiger partial charge < -0.3 is 4.74 Å². The minimum absolute atomic E-state index is 0.0824. The fourth-order valence-electron chi connectivity index (χ4n) is 2.99. The average Bonchev–Trinajstić information content (AvgIpc) is 3.13. The van der Waals surface area contributed by atoms with Gasteiger partial charge in [-0.1, -0.05) is 41.9 Å². The van der Waals surface area contributed by atoms with Crippen molar-refractivity contribution < 1.29 is 13.2 Å². The van der Waals surface area contributed by atoms with Gasteiger partial charge in [0.1, 0.15) is 11.4 Å². The number of hydrogen-bond acceptors (Lipinski definition) is 7. The van der Waals surface area contributed by atoms with Crippen molar-refractivity contribution in [3.63, 3.8) is 0 Å². The van der Waals surface area contributed by atoms with Crippen LogP contribution in [0.3, 0.4) is 0 Å². The number of rotatable bonds is 8. The van der Waals surface area contributed by atoms with E-state index in [-0.39, 0.29) is 17.8 Å². The van der Waals surface area contributed by atoms with Crippen molar-refractivity contribution in [2.75, 3.05) is 11.8 Å². The summed E-state index contributed by atoms with van der Waals surface area (Å²) in [5.41, 5.74) is 0.835. The largest absolute Gasteiger partial charge is 0.372 e. The lowest BCUT2D eigenvalue weighted by Crippen LogP contribution is -2.33. The van der Waals surface area contributed by atoms with Crippen LogP contribution in [0.4, 0.5) is 5.95 Å². The summed E-state index contributed by atoms with van der Waals surface area (Å²) in [6.45, 7) is 5.37. The van der Waals surface area contributed by atoms with Crippen LogP contribution >= 0.6 is 11.6 Å². The van der Waals surface area contributed by atoms with Crippen LogP contribution in [-0.4, -0.2) is 45.5 Å². The standard InChI is InChI=1S/C19H23ClN6O3S/c1-12(2)26-18(14-8-6-5-7-9-14)23-24-19(26)25-30(27,28)13(3)16(29-4)17-21-10-15(20)11-22-17/h5-13,16H,1-4H3,(H,24,25). The molecule has 0 aliphatic carbocycles. The van der Waals surface area contributed by atoms with Crippen LogP contribution in [0.25, 0.3) is 11.4 Å². The molecule has 30 heavy (non-hydrogen) atoms. The van der Waals surface area contributed by atoms with E-state index in [0.29, 0.717) is 10.8 Å². The first kappa shape index (κ1) is 22.1. The molecule has 0 fully saturated rings. The van der Waals surface area contributed by atoms with Gasteiger partial charge in [-0.25, -0.2) is 18.4 Å². The van der Waals surface area contributed by atoms with Gasteiger partial charge in [0.05, 0.1) is 5.02 Å². The van der Waals surface area contributed by atoms with Crippen molar-refractivity contribution in [1.29, 1.82) is 0 Å². The summed E-state index contributed by atoms with van der Waals surface area (Å²) in [6.07, 6.45) is 1.89. The number of nitrogens with one attached hydrogen (secondary N) is 1. The van der Waals surface area contributed by atoms with Gasteiger partial charge in [-0.05, 0) is 20.8 Å². The van der Waals surface area contributed by atoms with Crippen molar-refractivity contribution in [2.45, 2.75) is 38.2 Å². The molecule has 2 atom stereocenters. The summed E-state index contributed by atoms with van der Waals surface area (Å²) in [5, 5.41) is 7.62. The summed E-state index contributed by atoms with van der Waals surface area (Å²) in [7, 11) is -2.52. The Morgan fingerprint density at radius 2 is 1.70 bits per heavy atom.